The number of rotatable bonds is 5. The predicted octanol–water partition coefficient (Wildman–Crippen LogP) is 2.91. The van der Waals surface area contributed by atoms with Gasteiger partial charge in [-0.2, -0.15) is 0 Å². The maximum atomic E-state index is 13.1. The number of amides is 1. The molecule has 0 saturated heterocycles. The van der Waals surface area contributed by atoms with Gasteiger partial charge in [0.15, 0.2) is 5.78 Å². The molecule has 1 aliphatic rings. The van der Waals surface area contributed by atoms with Crippen molar-refractivity contribution < 1.29 is 24.2 Å². The van der Waals surface area contributed by atoms with E-state index < -0.39 is 29.5 Å². The Bertz CT molecular complexity index is 877. The van der Waals surface area contributed by atoms with E-state index in [1.165, 1.54) is 18.9 Å². The largest absolute Gasteiger partial charge is 0.497 e. The zero-order valence-corrected chi connectivity index (χ0v) is 14.6. The van der Waals surface area contributed by atoms with Crippen LogP contribution in [0.2, 0.25) is 0 Å². The Morgan fingerprint density at radius 2 is 1.85 bits per heavy atom. The maximum Gasteiger partial charge on any atom is 0.304 e. The number of hydrogen-bond acceptors (Lipinski definition) is 4. The lowest BCUT2D eigenvalue weighted by Gasteiger charge is -2.38. The normalized spacial score (nSPS) is 19.2. The molecule has 6 nitrogen and oxygen atoms in total. The first-order valence-corrected chi connectivity index (χ1v) is 8.17. The van der Waals surface area contributed by atoms with Crippen molar-refractivity contribution in [3.8, 4) is 5.75 Å². The molecule has 0 fully saturated rings. The summed E-state index contributed by atoms with van der Waals surface area (Å²) in [6.07, 6.45) is -0.563. The molecule has 0 aliphatic carbocycles. The van der Waals surface area contributed by atoms with Crippen LogP contribution >= 0.6 is 0 Å². The molecule has 1 unspecified atom stereocenters. The van der Waals surface area contributed by atoms with E-state index in [0.717, 1.165) is 5.56 Å². The second-order valence-electron chi connectivity index (χ2n) is 6.49. The summed E-state index contributed by atoms with van der Waals surface area (Å²) >= 11 is 0. The molecule has 2 aromatic carbocycles. The highest BCUT2D eigenvalue weighted by Crippen LogP contribution is 2.41. The lowest BCUT2D eigenvalue weighted by atomic mass is 9.74. The molecule has 0 saturated carbocycles. The first kappa shape index (κ1) is 17.7. The van der Waals surface area contributed by atoms with Gasteiger partial charge in [-0.3, -0.25) is 14.4 Å². The van der Waals surface area contributed by atoms with Crippen molar-refractivity contribution in [3.05, 3.63) is 59.7 Å². The van der Waals surface area contributed by atoms with Crippen molar-refractivity contribution in [1.82, 2.24) is 0 Å². The monoisotopic (exact) mass is 353 g/mol. The van der Waals surface area contributed by atoms with E-state index in [4.69, 9.17) is 4.74 Å². The van der Waals surface area contributed by atoms with Gasteiger partial charge >= 0.3 is 5.97 Å². The Kier molecular flexibility index (Phi) is 4.50. The Labute approximate surface area is 151 Å². The van der Waals surface area contributed by atoms with Crippen molar-refractivity contribution in [2.45, 2.75) is 19.9 Å². The number of ether oxygens (including phenoxy) is 1. The molecular weight excluding hydrogens is 334 g/mol. The standard InChI is InChI=1S/C20H19NO5/c1-20(11-17(22)23)18(24)15-10-14(26-2)8-9-16(15)21(19(20)25)12-13-6-4-3-5-7-13/h3-10H,11-12H2,1-2H3,(H,22,23). The molecule has 0 aromatic heterocycles. The number of fused-ring (bicyclic) bond motifs is 1. The fraction of sp³-hybridized carbons (Fsp3) is 0.250. The topological polar surface area (TPSA) is 83.9 Å². The summed E-state index contributed by atoms with van der Waals surface area (Å²) in [4.78, 5) is 38.9. The van der Waals surface area contributed by atoms with Crippen LogP contribution in [-0.2, 0) is 16.1 Å². The average molecular weight is 353 g/mol. The molecule has 0 radical (unpaired) electrons. The summed E-state index contributed by atoms with van der Waals surface area (Å²) in [5.74, 6) is -1.72. The molecule has 3 rings (SSSR count). The molecule has 1 heterocycles. The van der Waals surface area contributed by atoms with Crippen LogP contribution in [0.1, 0.15) is 29.3 Å². The van der Waals surface area contributed by atoms with Crippen molar-refractivity contribution in [3.63, 3.8) is 0 Å². The van der Waals surface area contributed by atoms with Gasteiger partial charge in [0.25, 0.3) is 0 Å². The Morgan fingerprint density at radius 1 is 1.15 bits per heavy atom. The van der Waals surface area contributed by atoms with Crippen molar-refractivity contribution in [2.24, 2.45) is 5.41 Å². The average Bonchev–Trinajstić information content (AvgIpc) is 2.64. The van der Waals surface area contributed by atoms with Gasteiger partial charge in [0.05, 0.1) is 25.8 Å². The van der Waals surface area contributed by atoms with Crippen LogP contribution in [0.25, 0.3) is 0 Å². The number of anilines is 1. The number of ketones is 1. The van der Waals surface area contributed by atoms with Crippen molar-refractivity contribution in [2.75, 3.05) is 12.0 Å². The number of aliphatic carboxylic acids is 1. The number of carbonyl (C=O) groups is 3. The minimum atomic E-state index is -1.65. The van der Waals surface area contributed by atoms with Gasteiger partial charge in [0.1, 0.15) is 11.2 Å². The highest BCUT2D eigenvalue weighted by atomic mass is 16.5. The summed E-state index contributed by atoms with van der Waals surface area (Å²) in [6, 6.07) is 14.2. The number of hydrogen-bond donors (Lipinski definition) is 1. The number of carboxylic acids is 1. The maximum absolute atomic E-state index is 13.1. The summed E-state index contributed by atoms with van der Waals surface area (Å²) in [6.45, 7) is 1.65. The van der Waals surface area contributed by atoms with Crippen LogP contribution in [0.4, 0.5) is 5.69 Å². The molecule has 134 valence electrons. The van der Waals surface area contributed by atoms with E-state index >= 15 is 0 Å². The smallest absolute Gasteiger partial charge is 0.304 e. The molecule has 26 heavy (non-hydrogen) atoms. The molecule has 0 spiro atoms. The van der Waals surface area contributed by atoms with Crippen LogP contribution in [0.5, 0.6) is 5.75 Å². The number of Topliss-reactive ketones (excluding diaryl/α,β-unsaturated/α-hetero) is 1. The van der Waals surface area contributed by atoms with Gasteiger partial charge in [-0.25, -0.2) is 0 Å². The third-order valence-corrected chi connectivity index (χ3v) is 4.65. The first-order valence-electron chi connectivity index (χ1n) is 8.17. The molecule has 1 amide bonds. The van der Waals surface area contributed by atoms with Crippen molar-refractivity contribution >= 4 is 23.3 Å². The fourth-order valence-electron chi connectivity index (χ4n) is 3.24. The van der Waals surface area contributed by atoms with E-state index in [0.29, 0.717) is 17.0 Å². The fourth-order valence-corrected chi connectivity index (χ4v) is 3.24. The molecular formula is C20H19NO5. The van der Waals surface area contributed by atoms with Gasteiger partial charge < -0.3 is 14.7 Å². The molecule has 0 bridgehead atoms. The number of benzene rings is 2. The van der Waals surface area contributed by atoms with Gasteiger partial charge in [0.2, 0.25) is 5.91 Å². The number of methoxy groups -OCH3 is 1. The molecule has 2 aromatic rings. The molecule has 1 atom stereocenters. The third kappa shape index (κ3) is 2.94. The van der Waals surface area contributed by atoms with Crippen LogP contribution in [-0.4, -0.2) is 29.9 Å². The lowest BCUT2D eigenvalue weighted by Crippen LogP contribution is -2.52. The number of carbonyl (C=O) groups excluding carboxylic acids is 2. The summed E-state index contributed by atoms with van der Waals surface area (Å²) in [7, 11) is 1.48. The van der Waals surface area contributed by atoms with E-state index in [9.17, 15) is 19.5 Å². The predicted molar refractivity (Wildman–Crippen MR) is 95.3 cm³/mol. The van der Waals surface area contributed by atoms with Crippen LogP contribution in [0, 0.1) is 5.41 Å². The SMILES string of the molecule is COc1ccc2c(c1)C(=O)C(C)(CC(=O)O)C(=O)N2Cc1ccccc1. The van der Waals surface area contributed by atoms with E-state index in [-0.39, 0.29) is 6.54 Å². The Hall–Kier alpha value is -3.15. The number of carboxylic acid groups (broad SMARTS) is 1. The zero-order valence-electron chi connectivity index (χ0n) is 14.6. The molecule has 1 aliphatic heterocycles. The third-order valence-electron chi connectivity index (χ3n) is 4.65. The summed E-state index contributed by atoms with van der Waals surface area (Å²) in [5.41, 5.74) is -0.00855. The van der Waals surface area contributed by atoms with E-state index in [2.05, 4.69) is 0 Å². The van der Waals surface area contributed by atoms with Crippen LogP contribution in [0.3, 0.4) is 0 Å². The second-order valence-corrected chi connectivity index (χ2v) is 6.49. The molecule has 6 heteroatoms. The van der Waals surface area contributed by atoms with Gasteiger partial charge in [-0.15, -0.1) is 0 Å². The van der Waals surface area contributed by atoms with Gasteiger partial charge in [-0.1, -0.05) is 30.3 Å². The highest BCUT2D eigenvalue weighted by Gasteiger charge is 2.50. The summed E-state index contributed by atoms with van der Waals surface area (Å²) in [5, 5.41) is 9.24. The first-order chi connectivity index (χ1) is 12.4. The molecule has 1 N–H and O–H groups in total. The Balaban J connectivity index is 2.13. The summed E-state index contributed by atoms with van der Waals surface area (Å²) < 4.78 is 5.19. The minimum absolute atomic E-state index is 0.251. The van der Waals surface area contributed by atoms with Crippen LogP contribution < -0.4 is 9.64 Å². The van der Waals surface area contributed by atoms with E-state index in [1.807, 2.05) is 30.3 Å². The zero-order chi connectivity index (χ0) is 18.9. The Morgan fingerprint density at radius 3 is 2.46 bits per heavy atom. The highest BCUT2D eigenvalue weighted by molar-refractivity contribution is 6.25. The second kappa shape index (κ2) is 6.63. The van der Waals surface area contributed by atoms with Gasteiger partial charge in [0, 0.05) is 5.56 Å². The van der Waals surface area contributed by atoms with Crippen molar-refractivity contribution in [1.29, 1.82) is 0 Å². The minimum Gasteiger partial charge on any atom is -0.497 e. The lowest BCUT2D eigenvalue weighted by molar-refractivity contribution is -0.142. The van der Waals surface area contributed by atoms with Gasteiger partial charge in [-0.05, 0) is 30.7 Å². The van der Waals surface area contributed by atoms with Crippen LogP contribution in [0.15, 0.2) is 48.5 Å². The number of nitrogens with zero attached hydrogens (tertiary/aromatic N) is 1. The quantitative estimate of drug-likeness (QED) is 0.836. The van der Waals surface area contributed by atoms with E-state index in [1.54, 1.807) is 18.2 Å².